The van der Waals surface area contributed by atoms with Crippen LogP contribution in [-0.4, -0.2) is 58.8 Å². The molecule has 0 atom stereocenters. The minimum atomic E-state index is -0.0606. The summed E-state index contributed by atoms with van der Waals surface area (Å²) in [6, 6.07) is 9.79. The van der Waals surface area contributed by atoms with Crippen LogP contribution in [0.15, 0.2) is 35.4 Å². The van der Waals surface area contributed by atoms with E-state index in [2.05, 4.69) is 32.2 Å². The summed E-state index contributed by atoms with van der Waals surface area (Å²) in [6.07, 6.45) is 5.25. The molecule has 2 amide bonds. The van der Waals surface area contributed by atoms with Gasteiger partial charge in [-0.3, -0.25) is 9.59 Å². The van der Waals surface area contributed by atoms with Crippen LogP contribution in [0.1, 0.15) is 43.2 Å². The highest BCUT2D eigenvalue weighted by atomic mass is 32.2. The number of anilines is 2. The fourth-order valence-electron chi connectivity index (χ4n) is 4.44. The van der Waals surface area contributed by atoms with Crippen LogP contribution in [0.5, 0.6) is 0 Å². The third kappa shape index (κ3) is 6.25. The standard InChI is InChI=1S/C25H33N5O2S/c1-18-6-7-21(16-19(18)2)26-23(31)17-33-24-9-8-22(27-28-24)29-14-10-20(11-15-29)25(32)30-12-4-3-5-13-30/h6-9,16,20H,3-5,10-15,17H2,1-2H3,(H,26,31). The topological polar surface area (TPSA) is 78.4 Å². The molecule has 0 unspecified atom stereocenters. The third-order valence-electron chi connectivity index (χ3n) is 6.60. The molecule has 8 heteroatoms. The van der Waals surface area contributed by atoms with Gasteiger partial charge < -0.3 is 15.1 Å². The zero-order chi connectivity index (χ0) is 23.2. The van der Waals surface area contributed by atoms with E-state index in [0.29, 0.717) is 5.91 Å². The first kappa shape index (κ1) is 23.5. The maximum atomic E-state index is 12.8. The first-order chi connectivity index (χ1) is 16.0. The minimum absolute atomic E-state index is 0.0606. The Morgan fingerprint density at radius 1 is 0.970 bits per heavy atom. The second-order valence-electron chi connectivity index (χ2n) is 9.01. The monoisotopic (exact) mass is 467 g/mol. The Balaban J connectivity index is 1.22. The minimum Gasteiger partial charge on any atom is -0.355 e. The molecule has 2 aliphatic heterocycles. The molecule has 33 heavy (non-hydrogen) atoms. The number of carbonyl (C=O) groups is 2. The normalized spacial score (nSPS) is 17.2. The molecule has 7 nitrogen and oxygen atoms in total. The fraction of sp³-hybridized carbons (Fsp3) is 0.520. The van der Waals surface area contributed by atoms with Gasteiger partial charge in [-0.05, 0) is 81.3 Å². The van der Waals surface area contributed by atoms with Crippen LogP contribution in [0, 0.1) is 19.8 Å². The molecule has 2 fully saturated rings. The van der Waals surface area contributed by atoms with Crippen molar-refractivity contribution >= 4 is 35.1 Å². The van der Waals surface area contributed by atoms with Crippen molar-refractivity contribution in [2.24, 2.45) is 5.92 Å². The molecule has 2 saturated heterocycles. The molecule has 3 heterocycles. The van der Waals surface area contributed by atoms with Gasteiger partial charge in [-0.1, -0.05) is 17.8 Å². The molecule has 0 spiro atoms. The van der Waals surface area contributed by atoms with E-state index in [0.717, 1.165) is 74.0 Å². The van der Waals surface area contributed by atoms with Gasteiger partial charge in [-0.15, -0.1) is 10.2 Å². The number of nitrogens with zero attached hydrogens (tertiary/aromatic N) is 4. The summed E-state index contributed by atoms with van der Waals surface area (Å²) in [7, 11) is 0. The van der Waals surface area contributed by atoms with Crippen LogP contribution >= 0.6 is 11.8 Å². The molecule has 2 aliphatic rings. The number of aryl methyl sites for hydroxylation is 2. The van der Waals surface area contributed by atoms with Crippen LogP contribution in [0.2, 0.25) is 0 Å². The van der Waals surface area contributed by atoms with E-state index in [4.69, 9.17) is 0 Å². The number of hydrogen-bond donors (Lipinski definition) is 1. The number of piperidine rings is 2. The van der Waals surface area contributed by atoms with Crippen LogP contribution in [-0.2, 0) is 9.59 Å². The number of amides is 2. The quantitative estimate of drug-likeness (QED) is 0.646. The summed E-state index contributed by atoms with van der Waals surface area (Å²) in [5, 5.41) is 12.3. The van der Waals surface area contributed by atoms with E-state index < -0.39 is 0 Å². The Morgan fingerprint density at radius 2 is 1.73 bits per heavy atom. The summed E-state index contributed by atoms with van der Waals surface area (Å²) >= 11 is 1.38. The zero-order valence-corrected chi connectivity index (χ0v) is 20.4. The number of benzene rings is 1. The zero-order valence-electron chi connectivity index (χ0n) is 19.5. The first-order valence-electron chi connectivity index (χ1n) is 11.9. The molecule has 0 bridgehead atoms. The number of rotatable bonds is 6. The summed E-state index contributed by atoms with van der Waals surface area (Å²) in [5.74, 6) is 1.53. The van der Waals surface area contributed by atoms with Gasteiger partial charge in [-0.2, -0.15) is 0 Å². The van der Waals surface area contributed by atoms with E-state index in [-0.39, 0.29) is 17.6 Å². The Hall–Kier alpha value is -2.61. The van der Waals surface area contributed by atoms with Gasteiger partial charge >= 0.3 is 0 Å². The summed E-state index contributed by atoms with van der Waals surface area (Å²) in [6.45, 7) is 7.58. The molecule has 1 aromatic heterocycles. The average molecular weight is 468 g/mol. The van der Waals surface area contributed by atoms with E-state index in [9.17, 15) is 9.59 Å². The lowest BCUT2D eigenvalue weighted by Gasteiger charge is -2.35. The maximum Gasteiger partial charge on any atom is 0.234 e. The van der Waals surface area contributed by atoms with Crippen LogP contribution in [0.25, 0.3) is 0 Å². The number of nitrogens with one attached hydrogen (secondary N) is 1. The van der Waals surface area contributed by atoms with E-state index in [1.807, 2.05) is 37.3 Å². The van der Waals surface area contributed by atoms with E-state index in [1.165, 1.54) is 23.7 Å². The van der Waals surface area contributed by atoms with Gasteiger partial charge in [0.2, 0.25) is 11.8 Å². The molecular weight excluding hydrogens is 434 g/mol. The van der Waals surface area contributed by atoms with Crippen LogP contribution in [0.3, 0.4) is 0 Å². The smallest absolute Gasteiger partial charge is 0.234 e. The van der Waals surface area contributed by atoms with Crippen molar-refractivity contribution in [2.75, 3.05) is 42.1 Å². The van der Waals surface area contributed by atoms with Crippen LogP contribution in [0.4, 0.5) is 11.5 Å². The predicted octanol–water partition coefficient (Wildman–Crippen LogP) is 4.05. The van der Waals surface area contributed by atoms with Crippen molar-refractivity contribution in [3.05, 3.63) is 41.5 Å². The van der Waals surface area contributed by atoms with Gasteiger partial charge in [0.25, 0.3) is 0 Å². The number of thioether (sulfide) groups is 1. The number of hydrogen-bond acceptors (Lipinski definition) is 6. The number of aromatic nitrogens is 2. The van der Waals surface area contributed by atoms with Crippen molar-refractivity contribution in [1.82, 2.24) is 15.1 Å². The van der Waals surface area contributed by atoms with Gasteiger partial charge in [0.1, 0.15) is 5.03 Å². The Labute approximate surface area is 200 Å². The van der Waals surface area contributed by atoms with Gasteiger partial charge in [0.05, 0.1) is 5.75 Å². The number of carbonyl (C=O) groups excluding carboxylic acids is 2. The van der Waals surface area contributed by atoms with Crippen molar-refractivity contribution in [1.29, 1.82) is 0 Å². The Bertz CT molecular complexity index is 967. The van der Waals surface area contributed by atoms with Crippen molar-refractivity contribution in [3.8, 4) is 0 Å². The molecule has 0 aliphatic carbocycles. The van der Waals surface area contributed by atoms with Crippen molar-refractivity contribution in [3.63, 3.8) is 0 Å². The largest absolute Gasteiger partial charge is 0.355 e. The lowest BCUT2D eigenvalue weighted by atomic mass is 9.94. The van der Waals surface area contributed by atoms with Crippen molar-refractivity contribution < 1.29 is 9.59 Å². The molecule has 0 saturated carbocycles. The summed E-state index contributed by atoms with van der Waals surface area (Å²) in [4.78, 5) is 29.3. The molecule has 2 aromatic rings. The third-order valence-corrected chi connectivity index (χ3v) is 7.52. The predicted molar refractivity (Wildman–Crippen MR) is 133 cm³/mol. The first-order valence-corrected chi connectivity index (χ1v) is 12.9. The van der Waals surface area contributed by atoms with Gasteiger partial charge in [-0.25, -0.2) is 0 Å². The van der Waals surface area contributed by atoms with E-state index >= 15 is 0 Å². The van der Waals surface area contributed by atoms with E-state index in [1.54, 1.807) is 0 Å². The number of likely N-dealkylation sites (tertiary alicyclic amines) is 1. The second-order valence-corrected chi connectivity index (χ2v) is 10.0. The van der Waals surface area contributed by atoms with Gasteiger partial charge in [0.15, 0.2) is 5.82 Å². The molecule has 1 N–H and O–H groups in total. The van der Waals surface area contributed by atoms with Gasteiger partial charge in [0, 0.05) is 37.8 Å². The van der Waals surface area contributed by atoms with Crippen LogP contribution < -0.4 is 10.2 Å². The average Bonchev–Trinajstić information content (AvgIpc) is 2.85. The molecule has 4 rings (SSSR count). The second kappa shape index (κ2) is 11.0. The summed E-state index contributed by atoms with van der Waals surface area (Å²) in [5.41, 5.74) is 3.17. The molecule has 1 aromatic carbocycles. The highest BCUT2D eigenvalue weighted by Crippen LogP contribution is 2.25. The molecule has 176 valence electrons. The highest BCUT2D eigenvalue weighted by Gasteiger charge is 2.29. The Morgan fingerprint density at radius 3 is 2.39 bits per heavy atom. The highest BCUT2D eigenvalue weighted by molar-refractivity contribution is 7.99. The lowest BCUT2D eigenvalue weighted by molar-refractivity contribution is -0.137. The maximum absolute atomic E-state index is 12.8. The van der Waals surface area contributed by atoms with Crippen molar-refractivity contribution in [2.45, 2.75) is 51.0 Å². The Kier molecular flexibility index (Phi) is 7.85. The molecular formula is C25H33N5O2S. The lowest BCUT2D eigenvalue weighted by Crippen LogP contribution is -2.44. The summed E-state index contributed by atoms with van der Waals surface area (Å²) < 4.78 is 0. The molecule has 0 radical (unpaired) electrons. The fourth-order valence-corrected chi connectivity index (χ4v) is 5.06. The SMILES string of the molecule is Cc1ccc(NC(=O)CSc2ccc(N3CCC(C(=O)N4CCCCC4)CC3)nn2)cc1C.